The van der Waals surface area contributed by atoms with Crippen molar-refractivity contribution in [3.8, 4) is 0 Å². The van der Waals surface area contributed by atoms with E-state index in [1.54, 1.807) is 0 Å². The van der Waals surface area contributed by atoms with Crippen LogP contribution in [0.1, 0.15) is 68.5 Å². The highest BCUT2D eigenvalue weighted by Crippen LogP contribution is 2.52. The second kappa shape index (κ2) is 4.57. The molecule has 3 fully saturated rings. The smallest absolute Gasteiger partial charge is 0.306 e. The van der Waals surface area contributed by atoms with Crippen molar-refractivity contribution in [3.63, 3.8) is 0 Å². The summed E-state index contributed by atoms with van der Waals surface area (Å²) in [6.07, 6.45) is 7.46. The van der Waals surface area contributed by atoms with Gasteiger partial charge in [0, 0.05) is 11.8 Å². The molecule has 2 bridgehead atoms. The minimum Gasteiger partial charge on any atom is -0.481 e. The summed E-state index contributed by atoms with van der Waals surface area (Å²) < 4.78 is 5.44. The molecule has 1 aromatic rings. The maximum absolute atomic E-state index is 11.0. The largest absolute Gasteiger partial charge is 0.481 e. The predicted molar refractivity (Wildman–Crippen MR) is 70.2 cm³/mol. The molecule has 3 saturated carbocycles. The molecule has 0 amide bonds. The molecule has 0 radical (unpaired) electrons. The van der Waals surface area contributed by atoms with Crippen molar-refractivity contribution in [1.29, 1.82) is 0 Å². The topological polar surface area (TPSA) is 76.2 Å². The van der Waals surface area contributed by atoms with Crippen LogP contribution in [-0.4, -0.2) is 21.2 Å². The van der Waals surface area contributed by atoms with Crippen molar-refractivity contribution in [1.82, 2.24) is 10.1 Å². The molecular weight excluding hydrogens is 256 g/mol. The number of nitrogens with zero attached hydrogens (tertiary/aromatic N) is 2. The van der Waals surface area contributed by atoms with Gasteiger partial charge in [-0.25, -0.2) is 0 Å². The van der Waals surface area contributed by atoms with E-state index in [-0.39, 0.29) is 11.8 Å². The van der Waals surface area contributed by atoms with Crippen LogP contribution in [-0.2, 0) is 4.79 Å². The number of carbonyl (C=O) groups is 1. The first-order valence-corrected chi connectivity index (χ1v) is 7.77. The van der Waals surface area contributed by atoms with Crippen LogP contribution in [0, 0.1) is 17.8 Å². The van der Waals surface area contributed by atoms with Crippen molar-refractivity contribution in [3.05, 3.63) is 11.7 Å². The molecule has 3 aliphatic carbocycles. The standard InChI is InChI=1S/C15H20N2O3/c18-15(19)11-4-3-10(7-11)14-16-13(17-20-14)12-6-8-1-2-9(12)5-8/h8-12H,1-7H2,(H,18,19). The number of aliphatic carboxylic acids is 1. The van der Waals surface area contributed by atoms with Gasteiger partial charge in [-0.3, -0.25) is 4.79 Å². The SMILES string of the molecule is O=C(O)C1CCC(c2nc(C3CC4CCC3C4)no2)C1. The summed E-state index contributed by atoms with van der Waals surface area (Å²) in [7, 11) is 0. The summed E-state index contributed by atoms with van der Waals surface area (Å²) in [6, 6.07) is 0. The normalized spacial score (nSPS) is 39.5. The van der Waals surface area contributed by atoms with Gasteiger partial charge in [-0.05, 0) is 50.4 Å². The number of fused-ring (bicyclic) bond motifs is 2. The van der Waals surface area contributed by atoms with Crippen LogP contribution in [0.3, 0.4) is 0 Å². The average molecular weight is 276 g/mol. The van der Waals surface area contributed by atoms with Crippen LogP contribution >= 0.6 is 0 Å². The van der Waals surface area contributed by atoms with E-state index in [0.717, 1.165) is 30.5 Å². The summed E-state index contributed by atoms with van der Waals surface area (Å²) in [6.45, 7) is 0. The molecule has 0 saturated heterocycles. The van der Waals surface area contributed by atoms with Gasteiger partial charge in [0.05, 0.1) is 5.92 Å². The predicted octanol–water partition coefficient (Wildman–Crippen LogP) is 2.94. The lowest BCUT2D eigenvalue weighted by Gasteiger charge is -2.17. The summed E-state index contributed by atoms with van der Waals surface area (Å²) in [5.41, 5.74) is 0. The Morgan fingerprint density at radius 2 is 2.05 bits per heavy atom. The molecule has 3 aliphatic rings. The second-order valence-corrected chi connectivity index (χ2v) is 6.82. The first-order chi connectivity index (χ1) is 9.70. The zero-order valence-electron chi connectivity index (χ0n) is 11.5. The quantitative estimate of drug-likeness (QED) is 0.918. The van der Waals surface area contributed by atoms with Crippen molar-refractivity contribution in [2.24, 2.45) is 17.8 Å². The Balaban J connectivity index is 1.47. The highest BCUT2D eigenvalue weighted by Gasteiger charge is 2.43. The van der Waals surface area contributed by atoms with Gasteiger partial charge < -0.3 is 9.63 Å². The molecule has 5 heteroatoms. The minimum absolute atomic E-state index is 0.149. The van der Waals surface area contributed by atoms with Gasteiger partial charge in [0.15, 0.2) is 5.82 Å². The third-order valence-corrected chi connectivity index (χ3v) is 5.66. The summed E-state index contributed by atoms with van der Waals surface area (Å²) >= 11 is 0. The maximum Gasteiger partial charge on any atom is 0.306 e. The molecule has 5 nitrogen and oxygen atoms in total. The van der Waals surface area contributed by atoms with E-state index in [4.69, 9.17) is 9.63 Å². The molecule has 5 atom stereocenters. The van der Waals surface area contributed by atoms with E-state index in [9.17, 15) is 4.79 Å². The third-order valence-electron chi connectivity index (χ3n) is 5.66. The maximum atomic E-state index is 11.0. The molecule has 20 heavy (non-hydrogen) atoms. The lowest BCUT2D eigenvalue weighted by molar-refractivity contribution is -0.141. The van der Waals surface area contributed by atoms with Gasteiger partial charge in [0.1, 0.15) is 0 Å². The highest BCUT2D eigenvalue weighted by atomic mass is 16.5. The van der Waals surface area contributed by atoms with Crippen molar-refractivity contribution in [2.45, 2.75) is 56.8 Å². The fourth-order valence-electron chi connectivity index (χ4n) is 4.55. The van der Waals surface area contributed by atoms with Crippen LogP contribution in [0.25, 0.3) is 0 Å². The summed E-state index contributed by atoms with van der Waals surface area (Å²) in [5, 5.41) is 13.3. The zero-order chi connectivity index (χ0) is 13.7. The Morgan fingerprint density at radius 1 is 1.15 bits per heavy atom. The molecule has 0 spiro atoms. The van der Waals surface area contributed by atoms with E-state index in [0.29, 0.717) is 18.2 Å². The Morgan fingerprint density at radius 3 is 2.70 bits per heavy atom. The Labute approximate surface area is 117 Å². The molecule has 1 heterocycles. The van der Waals surface area contributed by atoms with E-state index in [1.165, 1.54) is 25.7 Å². The van der Waals surface area contributed by atoms with Gasteiger partial charge in [-0.1, -0.05) is 11.6 Å². The molecule has 0 aromatic carbocycles. The van der Waals surface area contributed by atoms with Crippen LogP contribution < -0.4 is 0 Å². The Bertz CT molecular complexity index is 527. The highest BCUT2D eigenvalue weighted by molar-refractivity contribution is 5.70. The first-order valence-electron chi connectivity index (χ1n) is 7.77. The number of carboxylic acid groups (broad SMARTS) is 1. The van der Waals surface area contributed by atoms with Gasteiger partial charge in [0.25, 0.3) is 0 Å². The van der Waals surface area contributed by atoms with E-state index in [1.807, 2.05) is 0 Å². The third kappa shape index (κ3) is 1.95. The zero-order valence-corrected chi connectivity index (χ0v) is 11.5. The van der Waals surface area contributed by atoms with Gasteiger partial charge in [0.2, 0.25) is 5.89 Å². The summed E-state index contributed by atoms with van der Waals surface area (Å²) in [5.74, 6) is 2.88. The van der Waals surface area contributed by atoms with Gasteiger partial charge >= 0.3 is 5.97 Å². The molecular formula is C15H20N2O3. The fraction of sp³-hybridized carbons (Fsp3) is 0.800. The fourth-order valence-corrected chi connectivity index (χ4v) is 4.55. The van der Waals surface area contributed by atoms with Crippen molar-refractivity contribution in [2.75, 3.05) is 0 Å². The van der Waals surface area contributed by atoms with Crippen LogP contribution in [0.5, 0.6) is 0 Å². The van der Waals surface area contributed by atoms with E-state index < -0.39 is 5.97 Å². The second-order valence-electron chi connectivity index (χ2n) is 6.82. The van der Waals surface area contributed by atoms with E-state index >= 15 is 0 Å². The Hall–Kier alpha value is -1.39. The number of carboxylic acids is 1. The molecule has 1 aromatic heterocycles. The van der Waals surface area contributed by atoms with Gasteiger partial charge in [-0.2, -0.15) is 4.98 Å². The number of rotatable bonds is 3. The molecule has 5 unspecified atom stereocenters. The lowest BCUT2D eigenvalue weighted by atomic mass is 9.88. The average Bonchev–Trinajstić information content (AvgIpc) is 3.20. The first kappa shape index (κ1) is 12.4. The Kier molecular flexibility index (Phi) is 2.82. The number of hydrogen-bond donors (Lipinski definition) is 1. The van der Waals surface area contributed by atoms with Crippen molar-refractivity contribution >= 4 is 5.97 Å². The summed E-state index contributed by atoms with van der Waals surface area (Å²) in [4.78, 5) is 15.6. The van der Waals surface area contributed by atoms with Gasteiger partial charge in [-0.15, -0.1) is 0 Å². The minimum atomic E-state index is -0.694. The van der Waals surface area contributed by atoms with Crippen LogP contribution in [0.15, 0.2) is 4.52 Å². The molecule has 4 rings (SSSR count). The number of aromatic nitrogens is 2. The van der Waals surface area contributed by atoms with Crippen molar-refractivity contribution < 1.29 is 14.4 Å². The van der Waals surface area contributed by atoms with Crippen LogP contribution in [0.4, 0.5) is 0 Å². The number of hydrogen-bond acceptors (Lipinski definition) is 4. The lowest BCUT2D eigenvalue weighted by Crippen LogP contribution is -2.10. The molecule has 0 aliphatic heterocycles. The molecule has 108 valence electrons. The van der Waals surface area contributed by atoms with Crippen LogP contribution in [0.2, 0.25) is 0 Å². The molecule has 1 N–H and O–H groups in total. The van der Waals surface area contributed by atoms with E-state index in [2.05, 4.69) is 10.1 Å². The monoisotopic (exact) mass is 276 g/mol.